The van der Waals surface area contributed by atoms with E-state index in [1.807, 2.05) is 20.8 Å². The molecular weight excluding hydrogens is 251 g/mol. The van der Waals surface area contributed by atoms with Crippen molar-refractivity contribution in [1.29, 1.82) is 0 Å². The summed E-state index contributed by atoms with van der Waals surface area (Å²) in [6, 6.07) is 0. The maximum absolute atomic E-state index is 12.8. The SMILES string of the molecule is Cc1nc(N)c(C(F)(F)F)c(SC(C)(C)C)n1. The number of aryl methyl sites for hydroxylation is 1. The third-order valence-corrected chi connectivity index (χ3v) is 2.80. The number of hydrogen-bond donors (Lipinski definition) is 1. The predicted molar refractivity (Wildman–Crippen MR) is 61.8 cm³/mol. The minimum absolute atomic E-state index is 0.116. The summed E-state index contributed by atoms with van der Waals surface area (Å²) in [5.41, 5.74) is 4.40. The molecule has 17 heavy (non-hydrogen) atoms. The molecule has 1 aromatic rings. The van der Waals surface area contributed by atoms with Crippen LogP contribution in [0.2, 0.25) is 0 Å². The Morgan fingerprint density at radius 2 is 1.65 bits per heavy atom. The number of thioether (sulfide) groups is 1. The van der Waals surface area contributed by atoms with Crippen LogP contribution in [0.5, 0.6) is 0 Å². The van der Waals surface area contributed by atoms with Crippen molar-refractivity contribution in [2.75, 3.05) is 5.73 Å². The average molecular weight is 265 g/mol. The van der Waals surface area contributed by atoms with Gasteiger partial charge in [0.25, 0.3) is 0 Å². The van der Waals surface area contributed by atoms with Gasteiger partial charge >= 0.3 is 6.18 Å². The summed E-state index contributed by atoms with van der Waals surface area (Å²) in [6.07, 6.45) is -4.54. The number of nitrogens with zero attached hydrogens (tertiary/aromatic N) is 2. The first-order valence-electron chi connectivity index (χ1n) is 4.91. The number of aromatic nitrogens is 2. The van der Waals surface area contributed by atoms with E-state index in [2.05, 4.69) is 9.97 Å². The van der Waals surface area contributed by atoms with Gasteiger partial charge < -0.3 is 5.73 Å². The van der Waals surface area contributed by atoms with Crippen LogP contribution in [0.3, 0.4) is 0 Å². The molecule has 0 unspecified atom stereocenters. The highest BCUT2D eigenvalue weighted by molar-refractivity contribution is 8.00. The van der Waals surface area contributed by atoms with Crippen LogP contribution in [-0.2, 0) is 6.18 Å². The van der Waals surface area contributed by atoms with Crippen molar-refractivity contribution < 1.29 is 13.2 Å². The summed E-state index contributed by atoms with van der Waals surface area (Å²) in [6.45, 7) is 6.95. The fourth-order valence-corrected chi connectivity index (χ4v) is 2.28. The van der Waals surface area contributed by atoms with E-state index in [0.29, 0.717) is 0 Å². The Morgan fingerprint density at radius 1 is 1.12 bits per heavy atom. The summed E-state index contributed by atoms with van der Waals surface area (Å²) < 4.78 is 38.1. The predicted octanol–water partition coefficient (Wildman–Crippen LogP) is 3.28. The van der Waals surface area contributed by atoms with Gasteiger partial charge in [0.2, 0.25) is 0 Å². The minimum atomic E-state index is -4.54. The second-order valence-corrected chi connectivity index (χ2v) is 6.36. The van der Waals surface area contributed by atoms with Crippen LogP contribution in [0, 0.1) is 6.92 Å². The fraction of sp³-hybridized carbons (Fsp3) is 0.600. The molecule has 1 rings (SSSR count). The highest BCUT2D eigenvalue weighted by Gasteiger charge is 2.39. The Bertz CT molecular complexity index is 424. The van der Waals surface area contributed by atoms with E-state index in [1.54, 1.807) is 0 Å². The fourth-order valence-electron chi connectivity index (χ4n) is 1.20. The smallest absolute Gasteiger partial charge is 0.383 e. The molecule has 0 atom stereocenters. The molecule has 0 radical (unpaired) electrons. The lowest BCUT2D eigenvalue weighted by Crippen LogP contribution is -2.17. The van der Waals surface area contributed by atoms with Gasteiger partial charge in [0.05, 0.1) is 0 Å². The zero-order chi connectivity index (χ0) is 13.4. The molecule has 0 aliphatic carbocycles. The van der Waals surface area contributed by atoms with Crippen molar-refractivity contribution in [2.45, 2.75) is 43.6 Å². The monoisotopic (exact) mass is 265 g/mol. The van der Waals surface area contributed by atoms with Gasteiger partial charge in [-0.15, -0.1) is 0 Å². The average Bonchev–Trinajstić information content (AvgIpc) is 1.94. The molecule has 0 spiro atoms. The van der Waals surface area contributed by atoms with E-state index in [1.165, 1.54) is 6.92 Å². The number of halogens is 3. The van der Waals surface area contributed by atoms with Gasteiger partial charge in [-0.3, -0.25) is 0 Å². The van der Waals surface area contributed by atoms with Gasteiger partial charge in [-0.05, 0) is 6.92 Å². The maximum atomic E-state index is 12.8. The first-order valence-corrected chi connectivity index (χ1v) is 5.72. The number of rotatable bonds is 1. The molecule has 0 saturated heterocycles. The second-order valence-electron chi connectivity index (χ2n) is 4.55. The lowest BCUT2D eigenvalue weighted by atomic mass is 10.3. The molecule has 7 heteroatoms. The molecule has 96 valence electrons. The largest absolute Gasteiger partial charge is 0.422 e. The van der Waals surface area contributed by atoms with Gasteiger partial charge in [0.1, 0.15) is 22.2 Å². The minimum Gasteiger partial charge on any atom is -0.383 e. The summed E-state index contributed by atoms with van der Waals surface area (Å²) in [7, 11) is 0. The Kier molecular flexibility index (Phi) is 3.61. The summed E-state index contributed by atoms with van der Waals surface area (Å²) in [5, 5.41) is -0.116. The van der Waals surface area contributed by atoms with Crippen molar-refractivity contribution >= 4 is 17.6 Å². The molecule has 0 aliphatic heterocycles. The Labute approximate surface area is 102 Å². The number of alkyl halides is 3. The molecule has 1 heterocycles. The summed E-state index contributed by atoms with van der Waals surface area (Å²) >= 11 is 1.03. The van der Waals surface area contributed by atoms with Crippen LogP contribution >= 0.6 is 11.8 Å². The van der Waals surface area contributed by atoms with Crippen LogP contribution in [0.4, 0.5) is 19.0 Å². The molecule has 1 aromatic heterocycles. The molecular formula is C10H14F3N3S. The van der Waals surface area contributed by atoms with E-state index in [0.717, 1.165) is 11.8 Å². The number of hydrogen-bond acceptors (Lipinski definition) is 4. The molecule has 0 fully saturated rings. The molecule has 2 N–H and O–H groups in total. The number of anilines is 1. The molecule has 0 saturated carbocycles. The Balaban J connectivity index is 3.36. The van der Waals surface area contributed by atoms with E-state index in [-0.39, 0.29) is 15.6 Å². The maximum Gasteiger partial charge on any atom is 0.422 e. The lowest BCUT2D eigenvalue weighted by Gasteiger charge is -2.20. The second kappa shape index (κ2) is 4.36. The van der Waals surface area contributed by atoms with Crippen LogP contribution in [0.25, 0.3) is 0 Å². The van der Waals surface area contributed by atoms with Crippen LogP contribution in [0.15, 0.2) is 5.03 Å². The lowest BCUT2D eigenvalue weighted by molar-refractivity contribution is -0.139. The normalized spacial score (nSPS) is 12.9. The van der Waals surface area contributed by atoms with Gasteiger partial charge in [-0.1, -0.05) is 32.5 Å². The van der Waals surface area contributed by atoms with Gasteiger partial charge in [-0.25, -0.2) is 9.97 Å². The van der Waals surface area contributed by atoms with Gasteiger partial charge in [-0.2, -0.15) is 13.2 Å². The third-order valence-electron chi connectivity index (χ3n) is 1.70. The summed E-state index contributed by atoms with van der Waals surface area (Å²) in [4.78, 5) is 7.40. The van der Waals surface area contributed by atoms with E-state index in [4.69, 9.17) is 5.73 Å². The van der Waals surface area contributed by atoms with E-state index in [9.17, 15) is 13.2 Å². The molecule has 0 aromatic carbocycles. The molecule has 0 bridgehead atoms. The van der Waals surface area contributed by atoms with Crippen LogP contribution in [-0.4, -0.2) is 14.7 Å². The molecule has 3 nitrogen and oxygen atoms in total. The van der Waals surface area contributed by atoms with Crippen molar-refractivity contribution in [1.82, 2.24) is 9.97 Å². The third kappa shape index (κ3) is 3.76. The van der Waals surface area contributed by atoms with E-state index < -0.39 is 17.6 Å². The zero-order valence-corrected chi connectivity index (χ0v) is 10.8. The van der Waals surface area contributed by atoms with Crippen molar-refractivity contribution in [3.05, 3.63) is 11.4 Å². The Morgan fingerprint density at radius 3 is 2.06 bits per heavy atom. The van der Waals surface area contributed by atoms with Crippen molar-refractivity contribution in [3.63, 3.8) is 0 Å². The highest BCUT2D eigenvalue weighted by atomic mass is 32.2. The summed E-state index contributed by atoms with van der Waals surface area (Å²) in [5.74, 6) is -0.279. The highest BCUT2D eigenvalue weighted by Crippen LogP contribution is 2.42. The zero-order valence-electron chi connectivity index (χ0n) is 10.0. The van der Waals surface area contributed by atoms with Crippen LogP contribution in [0.1, 0.15) is 32.2 Å². The number of nitrogens with two attached hydrogens (primary N) is 1. The van der Waals surface area contributed by atoms with Crippen molar-refractivity contribution in [2.24, 2.45) is 0 Å². The Hall–Kier alpha value is -0.980. The number of nitrogen functional groups attached to an aromatic ring is 1. The standard InChI is InChI=1S/C10H14F3N3S/c1-5-15-7(14)6(10(11,12)13)8(16-5)17-9(2,3)4/h1-4H3,(H2,14,15,16). The molecule has 0 amide bonds. The quantitative estimate of drug-likeness (QED) is 0.625. The topological polar surface area (TPSA) is 51.8 Å². The van der Waals surface area contributed by atoms with E-state index >= 15 is 0 Å². The van der Waals surface area contributed by atoms with Crippen molar-refractivity contribution in [3.8, 4) is 0 Å². The first kappa shape index (κ1) is 14.1. The van der Waals surface area contributed by atoms with Crippen LogP contribution < -0.4 is 5.73 Å². The van der Waals surface area contributed by atoms with Gasteiger partial charge in [0.15, 0.2) is 0 Å². The van der Waals surface area contributed by atoms with Gasteiger partial charge in [0, 0.05) is 4.75 Å². The first-order chi connectivity index (χ1) is 7.50. The molecule has 0 aliphatic rings.